The minimum Gasteiger partial charge on any atom is -0.492 e. The van der Waals surface area contributed by atoms with Gasteiger partial charge in [0.25, 0.3) is 0 Å². The molecule has 3 aromatic carbocycles. The lowest BCUT2D eigenvalue weighted by Gasteiger charge is -2.24. The molecule has 0 fully saturated rings. The maximum atomic E-state index is 12.3. The van der Waals surface area contributed by atoms with Crippen LogP contribution in [0.15, 0.2) is 60.7 Å². The summed E-state index contributed by atoms with van der Waals surface area (Å²) in [4.78, 5) is 21.4. The van der Waals surface area contributed by atoms with E-state index in [1.54, 1.807) is 9.26 Å². The first-order valence-corrected chi connectivity index (χ1v) is 25.9. The summed E-state index contributed by atoms with van der Waals surface area (Å²) in [5.74, 6) is 1.88. The number of hydrogen-bond acceptors (Lipinski definition) is 7. The fraction of sp³-hybridized carbons (Fsp3) is 0.518. The molecule has 0 aliphatic heterocycles. The van der Waals surface area contributed by atoms with Crippen molar-refractivity contribution in [3.8, 4) is 22.9 Å². The van der Waals surface area contributed by atoms with E-state index in [4.69, 9.17) is 42.8 Å². The van der Waals surface area contributed by atoms with Gasteiger partial charge in [-0.2, -0.15) is 9.26 Å². The number of carboxylic acid groups (broad SMARTS) is 1. The van der Waals surface area contributed by atoms with Gasteiger partial charge >= 0.3 is 5.97 Å². The lowest BCUT2D eigenvalue weighted by molar-refractivity contribution is -0.145. The van der Waals surface area contributed by atoms with Crippen LogP contribution in [0, 0.1) is 20.8 Å². The van der Waals surface area contributed by atoms with Crippen LogP contribution in [0.1, 0.15) is 178 Å². The van der Waals surface area contributed by atoms with Crippen molar-refractivity contribution in [3.63, 3.8) is 0 Å². The summed E-state index contributed by atoms with van der Waals surface area (Å²) in [6.45, 7) is 25.7. The molecular weight excluding hydrogens is 920 g/mol. The summed E-state index contributed by atoms with van der Waals surface area (Å²) in [5, 5.41) is 26.7. The molecule has 1 atom stereocenters. The first kappa shape index (κ1) is 54.0. The number of aromatic amines is 2. The van der Waals surface area contributed by atoms with Gasteiger partial charge < -0.3 is 14.6 Å². The zero-order valence-electron chi connectivity index (χ0n) is 43.7. The topological polar surface area (TPSA) is 148 Å². The number of rotatable bonds is 21. The number of nitrogens with zero attached hydrogens (tertiary/aromatic N) is 6. The third kappa shape index (κ3) is 14.0. The van der Waals surface area contributed by atoms with Gasteiger partial charge in [-0.25, -0.2) is 14.8 Å². The average Bonchev–Trinajstić information content (AvgIpc) is 4.05. The second-order valence-electron chi connectivity index (χ2n) is 21.7. The molecule has 0 amide bonds. The zero-order chi connectivity index (χ0) is 51.0. The fourth-order valence-electron chi connectivity index (χ4n) is 8.60. The number of fused-ring (bicyclic) bond motifs is 2. The van der Waals surface area contributed by atoms with Gasteiger partial charge in [-0.15, -0.1) is 10.2 Å². The van der Waals surface area contributed by atoms with Gasteiger partial charge in [0, 0.05) is 22.8 Å². The number of aromatic nitrogens is 8. The van der Waals surface area contributed by atoms with Gasteiger partial charge in [0.1, 0.15) is 27.4 Å². The van der Waals surface area contributed by atoms with Crippen molar-refractivity contribution in [2.45, 2.75) is 182 Å². The number of halogens is 2. The first-order chi connectivity index (χ1) is 33.0. The highest BCUT2D eigenvalue weighted by molar-refractivity contribution is 6.34. The van der Waals surface area contributed by atoms with E-state index in [1.807, 2.05) is 31.2 Å². The summed E-state index contributed by atoms with van der Waals surface area (Å²) in [5.41, 5.74) is 8.93. The van der Waals surface area contributed by atoms with Gasteiger partial charge in [0.2, 0.25) is 0 Å². The van der Waals surface area contributed by atoms with Crippen molar-refractivity contribution in [2.75, 3.05) is 6.61 Å². The van der Waals surface area contributed by atoms with Crippen molar-refractivity contribution in [2.24, 2.45) is 0 Å². The molecule has 378 valence electrons. The highest BCUT2D eigenvalue weighted by Crippen LogP contribution is 2.35. The van der Waals surface area contributed by atoms with Gasteiger partial charge in [0.15, 0.2) is 23.2 Å². The van der Waals surface area contributed by atoms with Crippen molar-refractivity contribution >= 4 is 40.5 Å². The summed E-state index contributed by atoms with van der Waals surface area (Å²) < 4.78 is 15.6. The zero-order valence-corrected chi connectivity index (χ0v) is 45.2. The molecule has 4 aromatic heterocycles. The maximum Gasteiger partial charge on any atom is 0.344 e. The lowest BCUT2D eigenvalue weighted by Crippen LogP contribution is -2.27. The van der Waals surface area contributed by atoms with Gasteiger partial charge in [-0.3, -0.25) is 10.2 Å². The molecule has 0 spiro atoms. The number of hydrogen-bond donors (Lipinski definition) is 3. The summed E-state index contributed by atoms with van der Waals surface area (Å²) in [6, 6.07) is 20.5. The molecule has 7 rings (SSSR count). The fourth-order valence-corrected chi connectivity index (χ4v) is 9.47. The smallest absolute Gasteiger partial charge is 0.344 e. The summed E-state index contributed by atoms with van der Waals surface area (Å²) >= 11 is 13.2. The minimum absolute atomic E-state index is 0.0655. The van der Waals surface area contributed by atoms with E-state index in [2.05, 4.69) is 133 Å². The Kier molecular flexibility index (Phi) is 18.0. The van der Waals surface area contributed by atoms with E-state index in [1.165, 1.54) is 56.1 Å². The summed E-state index contributed by atoms with van der Waals surface area (Å²) in [6.07, 6.45) is 12.3. The molecule has 70 heavy (non-hydrogen) atoms. The van der Waals surface area contributed by atoms with Crippen LogP contribution in [0.2, 0.25) is 10.0 Å². The minimum atomic E-state index is -0.913. The van der Waals surface area contributed by atoms with Crippen molar-refractivity contribution in [1.29, 1.82) is 0 Å². The Hall–Kier alpha value is -5.33. The van der Waals surface area contributed by atoms with Crippen LogP contribution >= 0.6 is 23.2 Å². The highest BCUT2D eigenvalue weighted by Gasteiger charge is 2.30. The quantitative estimate of drug-likeness (QED) is 0.0603. The van der Waals surface area contributed by atoms with Crippen LogP contribution in [-0.4, -0.2) is 63.4 Å². The number of ether oxygens (including phenoxy) is 2. The lowest BCUT2D eigenvalue weighted by atomic mass is 9.85. The standard InChI is InChI=1S/C39H55ClN4O3.C17H21ClN4O/c1-8-9-10-11-12-13-14-15-16-17-21-32(37(45)46)47-31-23-22-30(38(2,3)4)26-29(31)25-27-19-18-20-28(24-27)35-41-36-33(40)34(39(5,6)7)42-44(36)43-35;1-10-6-7-13(11(2)8-10)23-9-17(4,5)15-14(18)16-19-12(3)20-22(16)21-15/h18-20,22-24,26,32,42H,8-17,21,25H2,1-7H3,(H,45,46);6-8,21H,9H2,1-5H3. The first-order valence-electron chi connectivity index (χ1n) is 25.1. The molecule has 0 saturated carbocycles. The van der Waals surface area contributed by atoms with Crippen LogP contribution in [0.5, 0.6) is 11.5 Å². The average molecular weight is 996 g/mol. The van der Waals surface area contributed by atoms with E-state index < -0.39 is 12.1 Å². The largest absolute Gasteiger partial charge is 0.492 e. The Bertz CT molecular complexity index is 2840. The van der Waals surface area contributed by atoms with E-state index in [0.29, 0.717) is 58.2 Å². The molecule has 1 unspecified atom stereocenters. The number of carboxylic acids is 1. The molecule has 4 heterocycles. The molecule has 0 aliphatic rings. The summed E-state index contributed by atoms with van der Waals surface area (Å²) in [7, 11) is 0. The van der Waals surface area contributed by atoms with Crippen LogP contribution in [0.25, 0.3) is 22.7 Å². The molecule has 7 aromatic rings. The Morgan fingerprint density at radius 2 is 1.33 bits per heavy atom. The molecular formula is C56H76Cl2N8O4. The van der Waals surface area contributed by atoms with Gasteiger partial charge in [-0.1, -0.05) is 191 Å². The number of nitrogens with one attached hydrogen (secondary N) is 2. The van der Waals surface area contributed by atoms with E-state index in [-0.39, 0.29) is 16.2 Å². The van der Waals surface area contributed by atoms with Crippen molar-refractivity contribution in [1.82, 2.24) is 39.6 Å². The number of carbonyl (C=O) groups is 1. The Morgan fingerprint density at radius 3 is 1.94 bits per heavy atom. The third-order valence-electron chi connectivity index (χ3n) is 12.8. The van der Waals surface area contributed by atoms with Crippen molar-refractivity contribution < 1.29 is 19.4 Å². The van der Waals surface area contributed by atoms with Crippen LogP contribution < -0.4 is 9.47 Å². The molecule has 12 nitrogen and oxygen atoms in total. The van der Waals surface area contributed by atoms with Crippen LogP contribution in [-0.2, 0) is 27.5 Å². The third-order valence-corrected chi connectivity index (χ3v) is 13.5. The molecule has 0 aliphatic carbocycles. The SMILES string of the molecule is CCCCCCCCCCCCC(Oc1ccc(C(C)(C)C)cc1Cc1cccc(-c2nc3c(Cl)c(C(C)(C)C)[nH]n3n2)c1)C(=O)O.Cc1ccc(OCC(C)(C)c2[nH]n3nc(C)nc3c2Cl)c(C)c1. The second kappa shape index (κ2) is 23.3. The maximum absolute atomic E-state index is 12.3. The second-order valence-corrected chi connectivity index (χ2v) is 22.5. The number of aliphatic carboxylic acids is 1. The predicted molar refractivity (Wildman–Crippen MR) is 284 cm³/mol. The molecule has 0 radical (unpaired) electrons. The molecule has 14 heteroatoms. The molecule has 0 bridgehead atoms. The Morgan fingerprint density at radius 1 is 0.714 bits per heavy atom. The van der Waals surface area contributed by atoms with E-state index in [9.17, 15) is 9.90 Å². The van der Waals surface area contributed by atoms with E-state index in [0.717, 1.165) is 58.7 Å². The number of H-pyrrole nitrogens is 2. The van der Waals surface area contributed by atoms with Gasteiger partial charge in [0.05, 0.1) is 18.0 Å². The van der Waals surface area contributed by atoms with Gasteiger partial charge in [-0.05, 0) is 79.5 Å². The van der Waals surface area contributed by atoms with Crippen LogP contribution in [0.3, 0.4) is 0 Å². The highest BCUT2D eigenvalue weighted by atomic mass is 35.5. The van der Waals surface area contributed by atoms with Crippen molar-refractivity contribution in [3.05, 3.63) is 116 Å². The Labute approximate surface area is 425 Å². The molecule has 0 saturated heterocycles. The number of benzene rings is 3. The van der Waals surface area contributed by atoms with E-state index >= 15 is 0 Å². The predicted octanol–water partition coefficient (Wildman–Crippen LogP) is 14.7. The number of aryl methyl sites for hydroxylation is 3. The monoisotopic (exact) mass is 995 g/mol. The van der Waals surface area contributed by atoms with Crippen LogP contribution in [0.4, 0.5) is 0 Å². The normalized spacial score (nSPS) is 12.7. The Balaban J connectivity index is 0.000000290. The number of unbranched alkanes of at least 4 members (excludes halogenated alkanes) is 9. The molecule has 3 N–H and O–H groups in total.